The molecule has 6 heteroatoms. The van der Waals surface area contributed by atoms with Gasteiger partial charge in [0.05, 0.1) is 11.2 Å². The zero-order valence-electron chi connectivity index (χ0n) is 19.7. The summed E-state index contributed by atoms with van der Waals surface area (Å²) < 4.78 is 30.0. The minimum Gasteiger partial charge on any atom is -0.462 e. The summed E-state index contributed by atoms with van der Waals surface area (Å²) in [6.07, 6.45) is 6.47. The van der Waals surface area contributed by atoms with Crippen LogP contribution in [-0.2, 0) is 19.6 Å². The molecule has 5 nitrogen and oxygen atoms in total. The van der Waals surface area contributed by atoms with Gasteiger partial charge >= 0.3 is 5.97 Å². The molecule has 1 N–H and O–H groups in total. The maximum Gasteiger partial charge on any atom is 0.308 e. The topological polar surface area (TPSA) is 72.5 Å². The smallest absolute Gasteiger partial charge is 0.308 e. The SMILES string of the molecule is C.C.CC(C)C(=O)OC1CCCC1.CC(C)C(C)(C)C.CC(C)NS(=O)(=O)C1CC1. The van der Waals surface area contributed by atoms with Crippen LogP contribution in [0.1, 0.15) is 116 Å². The van der Waals surface area contributed by atoms with Crippen molar-refractivity contribution >= 4 is 16.0 Å². The van der Waals surface area contributed by atoms with Crippen molar-refractivity contribution in [2.24, 2.45) is 17.3 Å². The van der Waals surface area contributed by atoms with Crippen LogP contribution in [-0.4, -0.2) is 31.8 Å². The first-order valence-corrected chi connectivity index (χ1v) is 12.4. The molecule has 184 valence electrons. The Morgan fingerprint density at radius 1 is 0.900 bits per heavy atom. The van der Waals surface area contributed by atoms with Crippen LogP contribution in [0.2, 0.25) is 0 Å². The van der Waals surface area contributed by atoms with Crippen molar-refractivity contribution in [3.05, 3.63) is 0 Å². The summed E-state index contributed by atoms with van der Waals surface area (Å²) in [5.74, 6) is 0.778. The molecular formula is C24H53NO4S. The average Bonchev–Trinajstić information content (AvgIpc) is 3.26. The highest BCUT2D eigenvalue weighted by Gasteiger charge is 2.35. The number of esters is 1. The third-order valence-electron chi connectivity index (χ3n) is 5.15. The van der Waals surface area contributed by atoms with Crippen molar-refractivity contribution in [3.8, 4) is 0 Å². The molecule has 2 saturated carbocycles. The molecule has 0 aromatic carbocycles. The Morgan fingerprint density at radius 3 is 1.57 bits per heavy atom. The number of carbonyl (C=O) groups is 1. The van der Waals surface area contributed by atoms with Gasteiger partial charge in [0.15, 0.2) is 0 Å². The zero-order chi connectivity index (χ0) is 22.1. The number of hydrogen-bond acceptors (Lipinski definition) is 4. The number of nitrogens with one attached hydrogen (secondary N) is 1. The highest BCUT2D eigenvalue weighted by molar-refractivity contribution is 7.90. The lowest BCUT2D eigenvalue weighted by Gasteiger charge is -2.22. The van der Waals surface area contributed by atoms with E-state index in [0.29, 0.717) is 5.41 Å². The Bertz CT molecular complexity index is 538. The van der Waals surface area contributed by atoms with Crippen molar-refractivity contribution in [2.75, 3.05) is 0 Å². The van der Waals surface area contributed by atoms with E-state index in [9.17, 15) is 13.2 Å². The maximum absolute atomic E-state index is 11.1. The van der Waals surface area contributed by atoms with E-state index in [-0.39, 0.29) is 44.1 Å². The number of carbonyl (C=O) groups excluding carboxylic acids is 1. The van der Waals surface area contributed by atoms with E-state index in [4.69, 9.17) is 4.74 Å². The van der Waals surface area contributed by atoms with Crippen molar-refractivity contribution in [1.29, 1.82) is 0 Å². The van der Waals surface area contributed by atoms with Crippen LogP contribution in [0.3, 0.4) is 0 Å². The van der Waals surface area contributed by atoms with Crippen molar-refractivity contribution in [3.63, 3.8) is 0 Å². The average molecular weight is 452 g/mol. The quantitative estimate of drug-likeness (QED) is 0.480. The molecule has 2 rings (SSSR count). The van der Waals surface area contributed by atoms with Gasteiger partial charge in [-0.15, -0.1) is 0 Å². The van der Waals surface area contributed by atoms with Gasteiger partial charge in [-0.25, -0.2) is 13.1 Å². The summed E-state index contributed by atoms with van der Waals surface area (Å²) in [6.45, 7) is 18.7. The van der Waals surface area contributed by atoms with Crippen LogP contribution in [0, 0.1) is 17.3 Å². The molecule has 0 unspecified atom stereocenters. The summed E-state index contributed by atoms with van der Waals surface area (Å²) in [6, 6.07) is 0.0330. The van der Waals surface area contributed by atoms with E-state index < -0.39 is 10.0 Å². The van der Waals surface area contributed by atoms with Gasteiger partial charge in [-0.05, 0) is 63.7 Å². The van der Waals surface area contributed by atoms with Crippen LogP contribution in [0.4, 0.5) is 0 Å². The van der Waals surface area contributed by atoms with E-state index in [0.717, 1.165) is 31.6 Å². The van der Waals surface area contributed by atoms with Gasteiger partial charge in [0.1, 0.15) is 6.10 Å². The summed E-state index contributed by atoms with van der Waals surface area (Å²) in [4.78, 5) is 11.1. The van der Waals surface area contributed by atoms with Crippen LogP contribution in [0.25, 0.3) is 0 Å². The van der Waals surface area contributed by atoms with Crippen molar-refractivity contribution in [2.45, 2.75) is 133 Å². The minimum absolute atomic E-state index is 0. The summed E-state index contributed by atoms with van der Waals surface area (Å²) in [5, 5.41) is -0.0881. The van der Waals surface area contributed by atoms with Gasteiger partial charge < -0.3 is 4.74 Å². The van der Waals surface area contributed by atoms with Gasteiger partial charge in [-0.3, -0.25) is 4.79 Å². The summed E-state index contributed by atoms with van der Waals surface area (Å²) >= 11 is 0. The van der Waals surface area contributed by atoms with E-state index >= 15 is 0 Å². The molecule has 2 fully saturated rings. The third kappa shape index (κ3) is 16.1. The molecule has 0 saturated heterocycles. The fourth-order valence-electron chi connectivity index (χ4n) is 2.11. The third-order valence-corrected chi connectivity index (χ3v) is 7.30. The Morgan fingerprint density at radius 2 is 1.30 bits per heavy atom. The highest BCUT2D eigenvalue weighted by Crippen LogP contribution is 2.27. The molecule has 0 bridgehead atoms. The Labute approximate surface area is 189 Å². The second-order valence-corrected chi connectivity index (χ2v) is 12.0. The Hall–Kier alpha value is -0.620. The van der Waals surface area contributed by atoms with Crippen LogP contribution in [0.5, 0.6) is 0 Å². The Kier molecular flexibility index (Phi) is 17.3. The molecule has 30 heavy (non-hydrogen) atoms. The van der Waals surface area contributed by atoms with E-state index in [1.165, 1.54) is 12.8 Å². The number of ether oxygens (including phenoxy) is 1. The van der Waals surface area contributed by atoms with Gasteiger partial charge in [-0.2, -0.15) is 0 Å². The predicted octanol–water partition coefficient (Wildman–Crippen LogP) is 6.57. The molecule has 0 amide bonds. The lowest BCUT2D eigenvalue weighted by atomic mass is 9.84. The van der Waals surface area contributed by atoms with Crippen LogP contribution < -0.4 is 4.72 Å². The van der Waals surface area contributed by atoms with Crippen molar-refractivity contribution < 1.29 is 17.9 Å². The molecule has 0 atom stereocenters. The number of sulfonamides is 1. The molecule has 2 aliphatic rings. The molecule has 2 aliphatic carbocycles. The van der Waals surface area contributed by atoms with E-state index in [1.807, 2.05) is 27.7 Å². The monoisotopic (exact) mass is 451 g/mol. The standard InChI is InChI=1S/C9H16O2.C7H16.C6H13NO2S.2CH4/c1-7(2)9(10)11-8-5-3-4-6-8;1-6(2)7(3,4)5;1-5(2)7-10(8,9)6-3-4-6;;/h7-8H,3-6H2,1-2H3;6H,1-5H3;5-7H,3-4H2,1-2H3;2*1H4. The first kappa shape index (κ1) is 34.0. The number of rotatable bonds is 5. The first-order valence-electron chi connectivity index (χ1n) is 10.9. The normalized spacial score (nSPS) is 16.7. The van der Waals surface area contributed by atoms with E-state index in [2.05, 4.69) is 39.3 Å². The minimum atomic E-state index is -2.94. The molecular weight excluding hydrogens is 398 g/mol. The van der Waals surface area contributed by atoms with Crippen LogP contribution in [0.15, 0.2) is 0 Å². The van der Waals surface area contributed by atoms with Crippen molar-refractivity contribution in [1.82, 2.24) is 4.72 Å². The molecule has 0 aromatic heterocycles. The van der Waals surface area contributed by atoms with Gasteiger partial charge in [0.25, 0.3) is 0 Å². The molecule has 0 spiro atoms. The molecule has 0 radical (unpaired) electrons. The fraction of sp³-hybridized carbons (Fsp3) is 0.958. The highest BCUT2D eigenvalue weighted by atomic mass is 32.2. The zero-order valence-corrected chi connectivity index (χ0v) is 20.5. The lowest BCUT2D eigenvalue weighted by Crippen LogP contribution is -2.32. The van der Waals surface area contributed by atoms with E-state index in [1.54, 1.807) is 0 Å². The first-order chi connectivity index (χ1) is 12.7. The largest absolute Gasteiger partial charge is 0.462 e. The second kappa shape index (κ2) is 15.2. The fourth-order valence-corrected chi connectivity index (χ4v) is 3.72. The molecule has 0 aliphatic heterocycles. The van der Waals surface area contributed by atoms with Crippen LogP contribution >= 0.6 is 0 Å². The predicted molar refractivity (Wildman–Crippen MR) is 131 cm³/mol. The molecule has 0 heterocycles. The lowest BCUT2D eigenvalue weighted by molar-refractivity contribution is -0.152. The van der Waals surface area contributed by atoms with Gasteiger partial charge in [0, 0.05) is 6.04 Å². The summed E-state index contributed by atoms with van der Waals surface area (Å²) in [7, 11) is -2.94. The maximum atomic E-state index is 11.1. The molecule has 0 aromatic rings. The summed E-state index contributed by atoms with van der Waals surface area (Å²) in [5.41, 5.74) is 0.500. The second-order valence-electron chi connectivity index (χ2n) is 10.0. The van der Waals surface area contributed by atoms with Gasteiger partial charge in [-0.1, -0.05) is 63.3 Å². The number of hydrogen-bond donors (Lipinski definition) is 1. The van der Waals surface area contributed by atoms with Gasteiger partial charge in [0.2, 0.25) is 10.0 Å². The Balaban J connectivity index is -0.000000362.